The van der Waals surface area contributed by atoms with Gasteiger partial charge in [0.25, 0.3) is 11.1 Å². The van der Waals surface area contributed by atoms with Gasteiger partial charge < -0.3 is 9.47 Å². The minimum atomic E-state index is -0.389. The molecule has 1 fully saturated rings. The zero-order valence-corrected chi connectivity index (χ0v) is 18.7. The highest BCUT2D eigenvalue weighted by Gasteiger charge is 2.35. The second-order valence-corrected chi connectivity index (χ2v) is 8.21. The van der Waals surface area contributed by atoms with Gasteiger partial charge >= 0.3 is 0 Å². The van der Waals surface area contributed by atoms with Crippen LogP contribution in [0, 0.1) is 11.3 Å². The van der Waals surface area contributed by atoms with E-state index in [0.29, 0.717) is 39.7 Å². The molecular weight excluding hydrogens is 436 g/mol. The van der Waals surface area contributed by atoms with Crippen LogP contribution in [0.5, 0.6) is 11.5 Å². The van der Waals surface area contributed by atoms with Gasteiger partial charge in [0.15, 0.2) is 11.5 Å². The average Bonchev–Trinajstić information content (AvgIpc) is 3.11. The molecule has 33 heavy (non-hydrogen) atoms. The van der Waals surface area contributed by atoms with Crippen LogP contribution in [0.2, 0.25) is 0 Å². The van der Waals surface area contributed by atoms with Crippen molar-refractivity contribution in [2.45, 2.75) is 13.2 Å². The molecule has 0 atom stereocenters. The Bertz CT molecular complexity index is 1260. The van der Waals surface area contributed by atoms with Crippen LogP contribution in [0.15, 0.2) is 77.7 Å². The van der Waals surface area contributed by atoms with Gasteiger partial charge in [-0.25, -0.2) is 0 Å². The van der Waals surface area contributed by atoms with Crippen molar-refractivity contribution >= 4 is 29.0 Å². The number of benzene rings is 3. The molecule has 0 saturated carbocycles. The molecule has 6 nitrogen and oxygen atoms in total. The van der Waals surface area contributed by atoms with Crippen LogP contribution in [-0.2, 0) is 17.9 Å². The fourth-order valence-corrected chi connectivity index (χ4v) is 4.19. The highest BCUT2D eigenvalue weighted by atomic mass is 32.2. The first-order valence-electron chi connectivity index (χ1n) is 10.2. The minimum Gasteiger partial charge on any atom is -0.493 e. The van der Waals surface area contributed by atoms with Crippen LogP contribution in [0.4, 0.5) is 4.79 Å². The SMILES string of the molecule is COc1ccc(/C=C2/SC(=O)N(Cc3ccccc3C#N)C2=O)cc1OCc1ccccc1. The number of carbonyl (C=O) groups is 2. The molecule has 1 heterocycles. The van der Waals surface area contributed by atoms with Gasteiger partial charge in [0.1, 0.15) is 6.61 Å². The third-order valence-corrected chi connectivity index (χ3v) is 5.97. The number of hydrogen-bond acceptors (Lipinski definition) is 6. The number of carbonyl (C=O) groups excluding carboxylic acids is 2. The van der Waals surface area contributed by atoms with Gasteiger partial charge in [-0.2, -0.15) is 5.26 Å². The van der Waals surface area contributed by atoms with E-state index in [-0.39, 0.29) is 17.7 Å². The molecule has 1 saturated heterocycles. The normalized spacial score (nSPS) is 14.4. The standard InChI is InChI=1S/C26H20N2O4S/c1-31-22-12-11-19(13-23(22)32-17-18-7-3-2-4-8-18)14-24-25(29)28(26(30)33-24)16-21-10-6-5-9-20(21)15-27/h2-14H,16-17H2,1H3/b24-14+. The maximum Gasteiger partial charge on any atom is 0.293 e. The summed E-state index contributed by atoms with van der Waals surface area (Å²) in [5.74, 6) is 0.724. The number of imide groups is 1. The maximum absolute atomic E-state index is 12.9. The number of rotatable bonds is 7. The van der Waals surface area contributed by atoms with Crippen LogP contribution < -0.4 is 9.47 Å². The molecule has 7 heteroatoms. The Kier molecular flexibility index (Phi) is 6.77. The smallest absolute Gasteiger partial charge is 0.293 e. The molecule has 0 radical (unpaired) electrons. The van der Waals surface area contributed by atoms with Crippen LogP contribution in [0.1, 0.15) is 22.3 Å². The molecule has 1 aliphatic heterocycles. The Morgan fingerprint density at radius 1 is 1.00 bits per heavy atom. The van der Waals surface area contributed by atoms with E-state index in [0.717, 1.165) is 22.2 Å². The molecule has 0 aliphatic carbocycles. The average molecular weight is 457 g/mol. The predicted octanol–water partition coefficient (Wildman–Crippen LogP) is 5.38. The molecule has 2 amide bonds. The van der Waals surface area contributed by atoms with Crippen molar-refractivity contribution in [2.24, 2.45) is 0 Å². The number of amides is 2. The maximum atomic E-state index is 12.9. The van der Waals surface area contributed by atoms with E-state index in [9.17, 15) is 14.9 Å². The van der Waals surface area contributed by atoms with Gasteiger partial charge in [0, 0.05) is 0 Å². The molecule has 164 valence electrons. The van der Waals surface area contributed by atoms with E-state index in [1.807, 2.05) is 30.3 Å². The molecule has 4 rings (SSSR count). The highest BCUT2D eigenvalue weighted by molar-refractivity contribution is 8.18. The first-order valence-corrected chi connectivity index (χ1v) is 11.0. The summed E-state index contributed by atoms with van der Waals surface area (Å²) in [6, 6.07) is 24.1. The summed E-state index contributed by atoms with van der Waals surface area (Å²) < 4.78 is 11.3. The second kappa shape index (κ2) is 10.1. The topological polar surface area (TPSA) is 79.6 Å². The lowest BCUT2D eigenvalue weighted by atomic mass is 10.1. The quantitative estimate of drug-likeness (QED) is 0.444. The zero-order chi connectivity index (χ0) is 23.2. The van der Waals surface area contributed by atoms with Crippen molar-refractivity contribution in [1.29, 1.82) is 5.26 Å². The van der Waals surface area contributed by atoms with Crippen molar-refractivity contribution < 1.29 is 19.1 Å². The monoisotopic (exact) mass is 456 g/mol. The third kappa shape index (κ3) is 5.08. The second-order valence-electron chi connectivity index (χ2n) is 7.22. The van der Waals surface area contributed by atoms with E-state index < -0.39 is 0 Å². The lowest BCUT2D eigenvalue weighted by Crippen LogP contribution is -2.27. The van der Waals surface area contributed by atoms with Gasteiger partial charge in [-0.1, -0.05) is 54.6 Å². The third-order valence-electron chi connectivity index (χ3n) is 5.06. The summed E-state index contributed by atoms with van der Waals surface area (Å²) >= 11 is 0.879. The number of hydrogen-bond donors (Lipinski definition) is 0. The van der Waals surface area contributed by atoms with E-state index >= 15 is 0 Å². The predicted molar refractivity (Wildman–Crippen MR) is 126 cm³/mol. The summed E-state index contributed by atoms with van der Waals surface area (Å²) in [5.41, 5.74) is 2.80. The summed E-state index contributed by atoms with van der Waals surface area (Å²) in [6.07, 6.45) is 1.66. The van der Waals surface area contributed by atoms with Crippen LogP contribution in [-0.4, -0.2) is 23.2 Å². The molecule has 0 unspecified atom stereocenters. The summed E-state index contributed by atoms with van der Waals surface area (Å²) in [5, 5.41) is 8.91. The Morgan fingerprint density at radius 2 is 1.76 bits per heavy atom. The van der Waals surface area contributed by atoms with Crippen LogP contribution >= 0.6 is 11.8 Å². The molecule has 3 aromatic rings. The number of thioether (sulfide) groups is 1. The van der Waals surface area contributed by atoms with Crippen molar-refractivity contribution in [1.82, 2.24) is 4.90 Å². The summed E-state index contributed by atoms with van der Waals surface area (Å²) in [7, 11) is 1.56. The molecular formula is C26H20N2O4S. The van der Waals surface area contributed by atoms with Crippen LogP contribution in [0.25, 0.3) is 6.08 Å². The molecule has 0 N–H and O–H groups in total. The Balaban J connectivity index is 1.54. The molecule has 3 aromatic carbocycles. The molecule has 0 aromatic heterocycles. The van der Waals surface area contributed by atoms with E-state index in [4.69, 9.17) is 9.47 Å². The lowest BCUT2D eigenvalue weighted by molar-refractivity contribution is -0.123. The number of nitriles is 1. The number of methoxy groups -OCH3 is 1. The van der Waals surface area contributed by atoms with Crippen LogP contribution in [0.3, 0.4) is 0 Å². The lowest BCUT2D eigenvalue weighted by Gasteiger charge is -2.13. The number of nitrogens with zero attached hydrogens (tertiary/aromatic N) is 2. The van der Waals surface area contributed by atoms with E-state index in [1.165, 1.54) is 0 Å². The van der Waals surface area contributed by atoms with Crippen molar-refractivity contribution in [3.8, 4) is 17.6 Å². The van der Waals surface area contributed by atoms with E-state index in [1.54, 1.807) is 55.7 Å². The first-order chi connectivity index (χ1) is 16.1. The fourth-order valence-electron chi connectivity index (χ4n) is 3.36. The van der Waals surface area contributed by atoms with Crippen molar-refractivity contribution in [3.05, 3.63) is 100.0 Å². The summed E-state index contributed by atoms with van der Waals surface area (Å²) in [4.78, 5) is 26.9. The largest absolute Gasteiger partial charge is 0.493 e. The molecule has 0 bridgehead atoms. The van der Waals surface area contributed by atoms with Gasteiger partial charge in [-0.15, -0.1) is 0 Å². The van der Waals surface area contributed by atoms with Gasteiger partial charge in [-0.05, 0) is 52.7 Å². The fraction of sp³-hybridized carbons (Fsp3) is 0.115. The Morgan fingerprint density at radius 3 is 2.52 bits per heavy atom. The molecule has 0 spiro atoms. The Hall–Kier alpha value is -4.02. The van der Waals surface area contributed by atoms with Gasteiger partial charge in [0.2, 0.25) is 0 Å². The highest BCUT2D eigenvalue weighted by Crippen LogP contribution is 2.35. The van der Waals surface area contributed by atoms with E-state index in [2.05, 4.69) is 6.07 Å². The van der Waals surface area contributed by atoms with Crippen molar-refractivity contribution in [3.63, 3.8) is 0 Å². The first kappa shape index (κ1) is 22.2. The Labute approximate surface area is 196 Å². The van der Waals surface area contributed by atoms with Crippen molar-refractivity contribution in [2.75, 3.05) is 7.11 Å². The van der Waals surface area contributed by atoms with Gasteiger partial charge in [-0.3, -0.25) is 14.5 Å². The number of ether oxygens (including phenoxy) is 2. The minimum absolute atomic E-state index is 0.0553. The molecule has 1 aliphatic rings. The summed E-state index contributed by atoms with van der Waals surface area (Å²) in [6.45, 7) is 0.426. The van der Waals surface area contributed by atoms with Gasteiger partial charge in [0.05, 0.1) is 30.2 Å². The zero-order valence-electron chi connectivity index (χ0n) is 17.9.